The van der Waals surface area contributed by atoms with Crippen LogP contribution in [-0.4, -0.2) is 24.6 Å². The minimum atomic E-state index is -0.305. The first-order valence-corrected chi connectivity index (χ1v) is 6.23. The van der Waals surface area contributed by atoms with E-state index in [-0.39, 0.29) is 30.2 Å². The van der Waals surface area contributed by atoms with Gasteiger partial charge in [-0.15, -0.1) is 0 Å². The van der Waals surface area contributed by atoms with E-state index in [0.29, 0.717) is 17.3 Å². The van der Waals surface area contributed by atoms with Gasteiger partial charge in [0.25, 0.3) is 5.91 Å². The molecular formula is C14H12N2O5. The van der Waals surface area contributed by atoms with Gasteiger partial charge in [0.15, 0.2) is 18.2 Å². The van der Waals surface area contributed by atoms with E-state index in [2.05, 4.69) is 4.98 Å². The van der Waals surface area contributed by atoms with E-state index < -0.39 is 0 Å². The van der Waals surface area contributed by atoms with Crippen LogP contribution in [0.25, 0.3) is 0 Å². The average Bonchev–Trinajstić information content (AvgIpc) is 2.50. The molecule has 0 atom stereocenters. The number of ether oxygens (including phenoxy) is 2. The van der Waals surface area contributed by atoms with Gasteiger partial charge in [-0.1, -0.05) is 0 Å². The fourth-order valence-electron chi connectivity index (χ4n) is 2.02. The second-order valence-corrected chi connectivity index (χ2v) is 4.37. The molecule has 21 heavy (non-hydrogen) atoms. The van der Waals surface area contributed by atoms with Crippen molar-refractivity contribution >= 4 is 11.7 Å². The molecule has 0 saturated heterocycles. The number of anilines is 1. The molecule has 2 aromatic heterocycles. The van der Waals surface area contributed by atoms with Crippen molar-refractivity contribution in [1.82, 2.24) is 4.98 Å². The first-order chi connectivity index (χ1) is 10.2. The van der Waals surface area contributed by atoms with Gasteiger partial charge in [-0.25, -0.2) is 4.98 Å². The minimum absolute atomic E-state index is 0.0704. The summed E-state index contributed by atoms with van der Waals surface area (Å²) in [4.78, 5) is 29.3. The lowest BCUT2D eigenvalue weighted by Crippen LogP contribution is -2.39. The summed E-state index contributed by atoms with van der Waals surface area (Å²) in [5, 5.41) is 0. The molecule has 0 N–H and O–H groups in total. The van der Waals surface area contributed by atoms with Gasteiger partial charge in [0, 0.05) is 12.3 Å². The van der Waals surface area contributed by atoms with E-state index in [0.717, 1.165) is 0 Å². The van der Waals surface area contributed by atoms with Crippen LogP contribution in [-0.2, 0) is 11.3 Å². The molecule has 3 heterocycles. The maximum atomic E-state index is 12.0. The third kappa shape index (κ3) is 2.45. The van der Waals surface area contributed by atoms with Crippen LogP contribution >= 0.6 is 0 Å². The Morgan fingerprint density at radius 1 is 1.43 bits per heavy atom. The number of nitrogens with zero attached hydrogens (tertiary/aromatic N) is 2. The molecule has 2 aromatic rings. The third-order valence-corrected chi connectivity index (χ3v) is 3.04. The van der Waals surface area contributed by atoms with E-state index in [9.17, 15) is 9.59 Å². The molecule has 108 valence electrons. The second kappa shape index (κ2) is 5.28. The highest BCUT2D eigenvalue weighted by Crippen LogP contribution is 2.30. The Labute approximate surface area is 119 Å². The van der Waals surface area contributed by atoms with Crippen LogP contribution in [0.4, 0.5) is 5.82 Å². The van der Waals surface area contributed by atoms with E-state index in [1.54, 1.807) is 18.3 Å². The van der Waals surface area contributed by atoms with Crippen molar-refractivity contribution < 1.29 is 18.7 Å². The molecule has 3 rings (SSSR count). The SMILES string of the molecule is COc1coc(CN2C(=O)COc3cccnc32)cc1=O. The monoisotopic (exact) mass is 288 g/mol. The number of methoxy groups -OCH3 is 1. The minimum Gasteiger partial charge on any atom is -0.490 e. The number of aromatic nitrogens is 1. The highest BCUT2D eigenvalue weighted by Gasteiger charge is 2.27. The van der Waals surface area contributed by atoms with Gasteiger partial charge in [-0.05, 0) is 12.1 Å². The highest BCUT2D eigenvalue weighted by molar-refractivity contribution is 5.96. The summed E-state index contributed by atoms with van der Waals surface area (Å²) >= 11 is 0. The maximum absolute atomic E-state index is 12.0. The van der Waals surface area contributed by atoms with Crippen LogP contribution in [0, 0.1) is 0 Å². The summed E-state index contributed by atoms with van der Waals surface area (Å²) in [6, 6.07) is 4.75. The summed E-state index contributed by atoms with van der Waals surface area (Å²) in [6.45, 7) is 0.0323. The van der Waals surface area contributed by atoms with E-state index >= 15 is 0 Å². The summed E-state index contributed by atoms with van der Waals surface area (Å²) in [7, 11) is 1.39. The molecule has 0 aromatic carbocycles. The van der Waals surface area contributed by atoms with Crippen molar-refractivity contribution in [2.75, 3.05) is 18.6 Å². The van der Waals surface area contributed by atoms with Crippen LogP contribution < -0.4 is 19.8 Å². The summed E-state index contributed by atoms with van der Waals surface area (Å²) < 4.78 is 15.5. The zero-order valence-electron chi connectivity index (χ0n) is 11.2. The molecule has 0 unspecified atom stereocenters. The number of carbonyl (C=O) groups excluding carboxylic acids is 1. The number of carbonyl (C=O) groups is 1. The molecule has 7 nitrogen and oxygen atoms in total. The number of amides is 1. The zero-order chi connectivity index (χ0) is 14.8. The Hall–Kier alpha value is -2.83. The average molecular weight is 288 g/mol. The Bertz CT molecular complexity index is 740. The molecule has 0 radical (unpaired) electrons. The van der Waals surface area contributed by atoms with Crippen LogP contribution in [0.1, 0.15) is 5.76 Å². The Morgan fingerprint density at radius 2 is 2.29 bits per heavy atom. The second-order valence-electron chi connectivity index (χ2n) is 4.37. The first-order valence-electron chi connectivity index (χ1n) is 6.23. The summed E-state index contributed by atoms with van der Waals surface area (Å²) in [5.41, 5.74) is -0.305. The topological polar surface area (TPSA) is 81.9 Å². The third-order valence-electron chi connectivity index (χ3n) is 3.04. The van der Waals surface area contributed by atoms with Gasteiger partial charge >= 0.3 is 0 Å². The predicted octanol–water partition coefficient (Wildman–Crippen LogP) is 0.969. The van der Waals surface area contributed by atoms with Gasteiger partial charge < -0.3 is 13.9 Å². The zero-order valence-corrected chi connectivity index (χ0v) is 11.2. The molecule has 7 heteroatoms. The Kier molecular flexibility index (Phi) is 3.31. The van der Waals surface area contributed by atoms with Crippen molar-refractivity contribution in [3.63, 3.8) is 0 Å². The van der Waals surface area contributed by atoms with Crippen molar-refractivity contribution in [3.8, 4) is 11.5 Å². The summed E-state index contributed by atoms with van der Waals surface area (Å²) in [6.07, 6.45) is 2.79. The van der Waals surface area contributed by atoms with Crippen LogP contribution in [0.2, 0.25) is 0 Å². The number of rotatable bonds is 3. The Balaban J connectivity index is 1.92. The maximum Gasteiger partial charge on any atom is 0.266 e. The van der Waals surface area contributed by atoms with E-state index in [1.165, 1.54) is 24.3 Å². The van der Waals surface area contributed by atoms with Crippen LogP contribution in [0.15, 0.2) is 39.9 Å². The molecular weight excluding hydrogens is 276 g/mol. The highest BCUT2D eigenvalue weighted by atomic mass is 16.5. The van der Waals surface area contributed by atoms with Crippen molar-refractivity contribution in [1.29, 1.82) is 0 Å². The molecule has 0 fully saturated rings. The lowest BCUT2D eigenvalue weighted by molar-refractivity contribution is -0.121. The molecule has 1 aliphatic rings. The smallest absolute Gasteiger partial charge is 0.266 e. The number of fused-ring (bicyclic) bond motifs is 1. The largest absolute Gasteiger partial charge is 0.490 e. The van der Waals surface area contributed by atoms with Crippen LogP contribution in [0.5, 0.6) is 11.5 Å². The molecule has 0 spiro atoms. The molecule has 1 amide bonds. The molecule has 0 aliphatic carbocycles. The van der Waals surface area contributed by atoms with Gasteiger partial charge in [-0.3, -0.25) is 14.5 Å². The normalized spacial score (nSPS) is 13.6. The number of hydrogen-bond acceptors (Lipinski definition) is 6. The predicted molar refractivity (Wildman–Crippen MR) is 72.5 cm³/mol. The van der Waals surface area contributed by atoms with Crippen molar-refractivity contribution in [2.45, 2.75) is 6.54 Å². The molecule has 0 saturated carbocycles. The van der Waals surface area contributed by atoms with E-state index in [1.807, 2.05) is 0 Å². The summed E-state index contributed by atoms with van der Waals surface area (Å²) in [5.74, 6) is 1.14. The van der Waals surface area contributed by atoms with E-state index in [4.69, 9.17) is 13.9 Å². The van der Waals surface area contributed by atoms with Gasteiger partial charge in [0.1, 0.15) is 12.0 Å². The fraction of sp³-hybridized carbons (Fsp3) is 0.214. The quantitative estimate of drug-likeness (QED) is 0.837. The lowest BCUT2D eigenvalue weighted by Gasteiger charge is -2.27. The van der Waals surface area contributed by atoms with Gasteiger partial charge in [0.2, 0.25) is 11.2 Å². The number of hydrogen-bond donors (Lipinski definition) is 0. The van der Waals surface area contributed by atoms with Crippen LogP contribution in [0.3, 0.4) is 0 Å². The lowest BCUT2D eigenvalue weighted by atomic mass is 10.3. The Morgan fingerprint density at radius 3 is 3.05 bits per heavy atom. The number of pyridine rings is 1. The molecule has 0 bridgehead atoms. The first kappa shape index (κ1) is 13.2. The van der Waals surface area contributed by atoms with Gasteiger partial charge in [0.05, 0.1) is 13.7 Å². The fourth-order valence-corrected chi connectivity index (χ4v) is 2.02. The molecule has 1 aliphatic heterocycles. The van der Waals surface area contributed by atoms with Gasteiger partial charge in [-0.2, -0.15) is 0 Å². The standard InChI is InChI=1S/C14H12N2O5/c1-19-12-7-20-9(5-10(12)17)6-16-13(18)8-21-11-3-2-4-15-14(11)16/h2-5,7H,6,8H2,1H3. The van der Waals surface area contributed by atoms with Crippen molar-refractivity contribution in [3.05, 3.63) is 46.6 Å². The van der Waals surface area contributed by atoms with Crippen molar-refractivity contribution in [2.24, 2.45) is 0 Å².